The van der Waals surface area contributed by atoms with Crippen molar-refractivity contribution in [3.8, 4) is 5.75 Å². The van der Waals surface area contributed by atoms with E-state index in [1.165, 1.54) is 0 Å². The summed E-state index contributed by atoms with van der Waals surface area (Å²) in [5.74, 6) is -0.0335. The molecule has 3 nitrogen and oxygen atoms in total. The van der Waals surface area contributed by atoms with Crippen molar-refractivity contribution in [3.63, 3.8) is 0 Å². The third-order valence-electron chi connectivity index (χ3n) is 2.14. The summed E-state index contributed by atoms with van der Waals surface area (Å²) in [4.78, 5) is 10.5. The maximum Gasteiger partial charge on any atom is 0.307 e. The lowest BCUT2D eigenvalue weighted by Crippen LogP contribution is -2.01. The van der Waals surface area contributed by atoms with Crippen LogP contribution in [0.3, 0.4) is 0 Å². The molecule has 1 aliphatic heterocycles. The number of aliphatic carboxylic acids is 1. The average Bonchev–Trinajstić information content (AvgIpc) is 2.51. The van der Waals surface area contributed by atoms with E-state index in [9.17, 15) is 4.79 Å². The van der Waals surface area contributed by atoms with Crippen LogP contribution in [0.5, 0.6) is 5.75 Å². The Bertz CT molecular complexity index is 344. The number of rotatable bonds is 2. The summed E-state index contributed by atoms with van der Waals surface area (Å²) in [5, 5.41) is 8.64. The number of carbonyl (C=O) groups is 1. The van der Waals surface area contributed by atoms with Gasteiger partial charge in [-0.15, -0.1) is 0 Å². The van der Waals surface area contributed by atoms with Crippen LogP contribution in [0.1, 0.15) is 11.1 Å². The van der Waals surface area contributed by atoms with Crippen LogP contribution in [-0.4, -0.2) is 17.7 Å². The Balaban J connectivity index is 2.36. The van der Waals surface area contributed by atoms with Crippen LogP contribution in [0, 0.1) is 0 Å². The first-order valence-electron chi connectivity index (χ1n) is 4.23. The van der Waals surface area contributed by atoms with Crippen LogP contribution in [-0.2, 0) is 17.6 Å². The molecule has 0 atom stereocenters. The summed E-state index contributed by atoms with van der Waals surface area (Å²) < 4.78 is 5.37. The second-order valence-corrected chi connectivity index (χ2v) is 3.07. The lowest BCUT2D eigenvalue weighted by Gasteiger charge is -2.04. The van der Waals surface area contributed by atoms with Gasteiger partial charge in [0.15, 0.2) is 0 Å². The Hall–Kier alpha value is -1.51. The fraction of sp³-hybridized carbons (Fsp3) is 0.300. The molecule has 1 aliphatic rings. The van der Waals surface area contributed by atoms with Gasteiger partial charge in [-0.25, -0.2) is 0 Å². The first kappa shape index (κ1) is 8.10. The van der Waals surface area contributed by atoms with Crippen molar-refractivity contribution in [2.24, 2.45) is 0 Å². The summed E-state index contributed by atoms with van der Waals surface area (Å²) >= 11 is 0. The maximum absolute atomic E-state index is 10.5. The highest BCUT2D eigenvalue weighted by molar-refractivity contribution is 5.71. The van der Waals surface area contributed by atoms with E-state index in [4.69, 9.17) is 9.84 Å². The Morgan fingerprint density at radius 2 is 2.38 bits per heavy atom. The molecule has 2 rings (SSSR count). The van der Waals surface area contributed by atoms with Gasteiger partial charge in [-0.05, 0) is 5.56 Å². The Morgan fingerprint density at radius 3 is 3.15 bits per heavy atom. The molecule has 0 fully saturated rings. The summed E-state index contributed by atoms with van der Waals surface area (Å²) in [5.41, 5.74) is 1.90. The zero-order valence-corrected chi connectivity index (χ0v) is 7.12. The molecule has 0 radical (unpaired) electrons. The predicted octanol–water partition coefficient (Wildman–Crippen LogP) is 1.25. The normalized spacial score (nSPS) is 13.5. The van der Waals surface area contributed by atoms with Crippen molar-refractivity contribution >= 4 is 5.97 Å². The number of benzene rings is 1. The van der Waals surface area contributed by atoms with Crippen LogP contribution in [0.25, 0.3) is 0 Å². The Kier molecular flexibility index (Phi) is 1.93. The number of carboxylic acids is 1. The third-order valence-corrected chi connectivity index (χ3v) is 2.14. The molecular formula is C10H10O3. The molecule has 0 amide bonds. The lowest BCUT2D eigenvalue weighted by molar-refractivity contribution is -0.136. The van der Waals surface area contributed by atoms with E-state index in [-0.39, 0.29) is 6.42 Å². The molecule has 3 heteroatoms. The van der Waals surface area contributed by atoms with Gasteiger partial charge in [-0.1, -0.05) is 18.2 Å². The van der Waals surface area contributed by atoms with Crippen LogP contribution in [0.2, 0.25) is 0 Å². The zero-order chi connectivity index (χ0) is 9.26. The largest absolute Gasteiger partial charge is 0.493 e. The summed E-state index contributed by atoms with van der Waals surface area (Å²) in [6.45, 7) is 0.673. The van der Waals surface area contributed by atoms with Crippen molar-refractivity contribution in [1.29, 1.82) is 0 Å². The van der Waals surface area contributed by atoms with Crippen LogP contribution in [0.4, 0.5) is 0 Å². The number of hydrogen-bond donors (Lipinski definition) is 1. The smallest absolute Gasteiger partial charge is 0.307 e. The van der Waals surface area contributed by atoms with Gasteiger partial charge in [0, 0.05) is 12.0 Å². The van der Waals surface area contributed by atoms with E-state index < -0.39 is 5.97 Å². The topological polar surface area (TPSA) is 46.5 Å². The molecule has 1 aromatic rings. The monoisotopic (exact) mass is 178 g/mol. The van der Waals surface area contributed by atoms with Crippen molar-refractivity contribution in [2.75, 3.05) is 6.61 Å². The second-order valence-electron chi connectivity index (χ2n) is 3.07. The van der Waals surface area contributed by atoms with Crippen molar-refractivity contribution < 1.29 is 14.6 Å². The number of carboxylic acid groups (broad SMARTS) is 1. The minimum Gasteiger partial charge on any atom is -0.493 e. The van der Waals surface area contributed by atoms with Crippen molar-refractivity contribution in [3.05, 3.63) is 29.3 Å². The van der Waals surface area contributed by atoms with E-state index in [1.807, 2.05) is 12.1 Å². The van der Waals surface area contributed by atoms with Crippen LogP contribution >= 0.6 is 0 Å². The third kappa shape index (κ3) is 1.49. The molecular weight excluding hydrogens is 168 g/mol. The van der Waals surface area contributed by atoms with Crippen LogP contribution in [0.15, 0.2) is 18.2 Å². The SMILES string of the molecule is O=C(O)Cc1cccc2c1OCC2. The van der Waals surface area contributed by atoms with Gasteiger partial charge in [-0.3, -0.25) is 4.79 Å². The van der Waals surface area contributed by atoms with Gasteiger partial charge in [-0.2, -0.15) is 0 Å². The first-order chi connectivity index (χ1) is 6.27. The molecule has 68 valence electrons. The minimum absolute atomic E-state index is 0.0448. The van der Waals surface area contributed by atoms with Gasteiger partial charge in [0.05, 0.1) is 13.0 Å². The number of para-hydroxylation sites is 1. The van der Waals surface area contributed by atoms with E-state index in [2.05, 4.69) is 0 Å². The van der Waals surface area contributed by atoms with Gasteiger partial charge < -0.3 is 9.84 Å². The quantitative estimate of drug-likeness (QED) is 0.741. The molecule has 0 bridgehead atoms. The highest BCUT2D eigenvalue weighted by Crippen LogP contribution is 2.29. The summed E-state index contributed by atoms with van der Waals surface area (Å²) in [6.07, 6.45) is 0.936. The van der Waals surface area contributed by atoms with E-state index >= 15 is 0 Å². The molecule has 0 spiro atoms. The van der Waals surface area contributed by atoms with Crippen LogP contribution < -0.4 is 4.74 Å². The van der Waals surface area contributed by atoms with Gasteiger partial charge >= 0.3 is 5.97 Å². The molecule has 1 heterocycles. The number of ether oxygens (including phenoxy) is 1. The van der Waals surface area contributed by atoms with Crippen molar-refractivity contribution in [1.82, 2.24) is 0 Å². The van der Waals surface area contributed by atoms with E-state index in [0.717, 1.165) is 23.3 Å². The maximum atomic E-state index is 10.5. The molecule has 1 N–H and O–H groups in total. The fourth-order valence-electron chi connectivity index (χ4n) is 1.59. The summed E-state index contributed by atoms with van der Waals surface area (Å²) in [7, 11) is 0. The molecule has 0 saturated heterocycles. The van der Waals surface area contributed by atoms with E-state index in [1.54, 1.807) is 6.07 Å². The first-order valence-corrected chi connectivity index (χ1v) is 4.23. The lowest BCUT2D eigenvalue weighted by atomic mass is 10.1. The fourth-order valence-corrected chi connectivity index (χ4v) is 1.59. The Labute approximate surface area is 76.0 Å². The van der Waals surface area contributed by atoms with Gasteiger partial charge in [0.2, 0.25) is 0 Å². The highest BCUT2D eigenvalue weighted by Gasteiger charge is 2.16. The molecule has 0 unspecified atom stereocenters. The average molecular weight is 178 g/mol. The molecule has 1 aromatic carbocycles. The van der Waals surface area contributed by atoms with Gasteiger partial charge in [0.25, 0.3) is 0 Å². The van der Waals surface area contributed by atoms with Crippen molar-refractivity contribution in [2.45, 2.75) is 12.8 Å². The standard InChI is InChI=1S/C10H10O3/c11-9(12)6-8-3-1-2-7-4-5-13-10(7)8/h1-3H,4-6H2,(H,11,12). The zero-order valence-electron chi connectivity index (χ0n) is 7.12. The highest BCUT2D eigenvalue weighted by atomic mass is 16.5. The molecule has 0 saturated carbocycles. The Morgan fingerprint density at radius 1 is 1.54 bits per heavy atom. The number of hydrogen-bond acceptors (Lipinski definition) is 2. The minimum atomic E-state index is -0.816. The molecule has 13 heavy (non-hydrogen) atoms. The molecule has 0 aromatic heterocycles. The predicted molar refractivity (Wildman–Crippen MR) is 47.0 cm³/mol. The molecule has 0 aliphatic carbocycles. The second kappa shape index (κ2) is 3.09. The summed E-state index contributed by atoms with van der Waals surface area (Å²) in [6, 6.07) is 5.66. The van der Waals surface area contributed by atoms with Gasteiger partial charge in [0.1, 0.15) is 5.75 Å². The number of fused-ring (bicyclic) bond motifs is 1. The van der Waals surface area contributed by atoms with E-state index in [0.29, 0.717) is 6.61 Å².